The zero-order valence-corrected chi connectivity index (χ0v) is 24.4. The number of hydrogen-bond donors (Lipinski definition) is 0. The minimum Gasteiger partial charge on any atom is -0.455 e. The van der Waals surface area contributed by atoms with Gasteiger partial charge in [0.15, 0.2) is 0 Å². The van der Waals surface area contributed by atoms with Crippen molar-refractivity contribution in [1.29, 1.82) is 0 Å². The van der Waals surface area contributed by atoms with Gasteiger partial charge in [-0.05, 0) is 110 Å². The van der Waals surface area contributed by atoms with Crippen LogP contribution in [0.25, 0.3) is 0 Å². The van der Waals surface area contributed by atoms with Crippen molar-refractivity contribution in [2.24, 2.45) is 46.3 Å². The molecule has 4 aliphatic rings. The molecule has 4 aliphatic carbocycles. The van der Waals surface area contributed by atoms with E-state index in [1.807, 2.05) is 18.8 Å². The quantitative estimate of drug-likeness (QED) is 0.274. The van der Waals surface area contributed by atoms with Crippen LogP contribution in [0.3, 0.4) is 0 Å². The van der Waals surface area contributed by atoms with Gasteiger partial charge in [0.25, 0.3) is 0 Å². The lowest BCUT2D eigenvalue weighted by Gasteiger charge is -2.58. The molecule has 2 nitrogen and oxygen atoms in total. The summed E-state index contributed by atoms with van der Waals surface area (Å²) < 4.78 is 6.02. The second kappa shape index (κ2) is 9.79. The summed E-state index contributed by atoms with van der Waals surface area (Å²) >= 11 is 0. The highest BCUT2D eigenvalue weighted by Gasteiger charge is 2.59. The molecule has 8 atom stereocenters. The first-order valence-electron chi connectivity index (χ1n) is 14.4. The van der Waals surface area contributed by atoms with Gasteiger partial charge in [0, 0.05) is 6.42 Å². The SMILES string of the molecule is CC(C)CCCC(C)C1CCC2C3CC=C4CC(OC(=O)S(C)(C)C)CCC4(C)C3CCC12C. The smallest absolute Gasteiger partial charge is 0.349 e. The summed E-state index contributed by atoms with van der Waals surface area (Å²) in [6.07, 6.45) is 23.4. The Balaban J connectivity index is 1.44. The summed E-state index contributed by atoms with van der Waals surface area (Å²) in [7, 11) is -1.29. The van der Waals surface area contributed by atoms with E-state index in [-0.39, 0.29) is 11.4 Å². The molecule has 0 N–H and O–H groups in total. The zero-order valence-electron chi connectivity index (χ0n) is 23.6. The van der Waals surface area contributed by atoms with Crippen molar-refractivity contribution in [2.75, 3.05) is 18.8 Å². The number of carbonyl (C=O) groups is 1. The number of rotatable bonds is 6. The van der Waals surface area contributed by atoms with E-state index in [2.05, 4.69) is 40.7 Å². The lowest BCUT2D eigenvalue weighted by molar-refractivity contribution is -0.0573. The van der Waals surface area contributed by atoms with Crippen molar-refractivity contribution in [3.8, 4) is 0 Å². The molecule has 8 unspecified atom stereocenters. The van der Waals surface area contributed by atoms with Crippen molar-refractivity contribution in [2.45, 2.75) is 111 Å². The average Bonchev–Trinajstić information content (AvgIpc) is 3.10. The van der Waals surface area contributed by atoms with Crippen molar-refractivity contribution >= 4 is 15.3 Å². The maximum absolute atomic E-state index is 12.5. The molecular weight excluding hydrogens is 436 g/mol. The summed E-state index contributed by atoms with van der Waals surface area (Å²) in [5.41, 5.74) is 2.52. The van der Waals surface area contributed by atoms with Crippen LogP contribution in [0.1, 0.15) is 105 Å². The molecule has 196 valence electrons. The van der Waals surface area contributed by atoms with Crippen LogP contribution in [0.5, 0.6) is 0 Å². The summed E-state index contributed by atoms with van der Waals surface area (Å²) in [5, 5.41) is 0.0448. The molecule has 0 aromatic heterocycles. The van der Waals surface area contributed by atoms with Gasteiger partial charge in [-0.3, -0.25) is 0 Å². The maximum Gasteiger partial charge on any atom is 0.349 e. The van der Waals surface area contributed by atoms with Gasteiger partial charge >= 0.3 is 5.30 Å². The lowest BCUT2D eigenvalue weighted by atomic mass is 9.47. The minimum absolute atomic E-state index is 0.0448. The predicted octanol–water partition coefficient (Wildman–Crippen LogP) is 9.23. The van der Waals surface area contributed by atoms with Crippen molar-refractivity contribution < 1.29 is 9.53 Å². The van der Waals surface area contributed by atoms with E-state index >= 15 is 0 Å². The van der Waals surface area contributed by atoms with Crippen LogP contribution >= 0.6 is 10.0 Å². The molecule has 34 heavy (non-hydrogen) atoms. The van der Waals surface area contributed by atoms with Crippen LogP contribution in [0.2, 0.25) is 0 Å². The first kappa shape index (κ1) is 26.6. The fourth-order valence-corrected chi connectivity index (χ4v) is 9.46. The Morgan fingerprint density at radius 3 is 2.44 bits per heavy atom. The lowest BCUT2D eigenvalue weighted by Crippen LogP contribution is -2.51. The van der Waals surface area contributed by atoms with Gasteiger partial charge in [0.2, 0.25) is 0 Å². The highest BCUT2D eigenvalue weighted by Crippen LogP contribution is 2.67. The van der Waals surface area contributed by atoms with Gasteiger partial charge in [0.05, 0.1) is 0 Å². The number of hydrogen-bond acceptors (Lipinski definition) is 2. The largest absolute Gasteiger partial charge is 0.455 e. The molecule has 4 rings (SSSR count). The van der Waals surface area contributed by atoms with Crippen LogP contribution in [0, 0.1) is 46.3 Å². The molecule has 0 amide bonds. The summed E-state index contributed by atoms with van der Waals surface area (Å²) in [5.74, 6) is 5.28. The van der Waals surface area contributed by atoms with E-state index in [1.165, 1.54) is 57.8 Å². The molecule has 0 radical (unpaired) electrons. The third-order valence-corrected chi connectivity index (χ3v) is 12.1. The first-order chi connectivity index (χ1) is 15.9. The normalized spacial score (nSPS) is 41.2. The van der Waals surface area contributed by atoms with Crippen LogP contribution in [0.4, 0.5) is 4.79 Å². The first-order valence-corrected chi connectivity index (χ1v) is 17.3. The average molecular weight is 491 g/mol. The third-order valence-electron chi connectivity index (χ3n) is 11.0. The molecule has 0 spiro atoms. The minimum atomic E-state index is -1.29. The fourth-order valence-electron chi connectivity index (χ4n) is 9.03. The van der Waals surface area contributed by atoms with E-state index < -0.39 is 10.0 Å². The van der Waals surface area contributed by atoms with Gasteiger partial charge in [-0.25, -0.2) is 4.79 Å². The van der Waals surface area contributed by atoms with Crippen molar-refractivity contribution in [1.82, 2.24) is 0 Å². The molecule has 0 aromatic carbocycles. The number of carbonyl (C=O) groups excluding carboxylic acids is 1. The van der Waals surface area contributed by atoms with Crippen LogP contribution in [-0.2, 0) is 4.74 Å². The van der Waals surface area contributed by atoms with Crippen LogP contribution in [-0.4, -0.2) is 30.2 Å². The number of allylic oxidation sites excluding steroid dienone is 1. The van der Waals surface area contributed by atoms with Crippen molar-refractivity contribution in [3.05, 3.63) is 11.6 Å². The number of ether oxygens (including phenoxy) is 1. The van der Waals surface area contributed by atoms with Crippen LogP contribution < -0.4 is 0 Å². The highest BCUT2D eigenvalue weighted by atomic mass is 32.3. The van der Waals surface area contributed by atoms with Gasteiger partial charge in [-0.1, -0.05) is 65.5 Å². The Hall–Kier alpha value is -0.440. The van der Waals surface area contributed by atoms with Gasteiger partial charge < -0.3 is 4.74 Å². The number of fused-ring (bicyclic) bond motifs is 5. The van der Waals surface area contributed by atoms with Gasteiger partial charge in [0.1, 0.15) is 6.10 Å². The second-order valence-corrected chi connectivity index (χ2v) is 18.4. The second-order valence-electron chi connectivity index (χ2n) is 14.4. The standard InChI is InChI=1S/C31H54O2S/c1-21(2)10-9-11-22(3)26-14-15-27-25-13-12-23-20-24(33-29(32)34(6,7)8)16-18-30(23,4)28(25)17-19-31(26,27)5/h12,21-22,24-28H,9-11,13-20H2,1-8H3. The van der Waals surface area contributed by atoms with E-state index in [1.54, 1.807) is 5.57 Å². The Kier molecular flexibility index (Phi) is 7.66. The summed E-state index contributed by atoms with van der Waals surface area (Å²) in [4.78, 5) is 12.5. The van der Waals surface area contributed by atoms with E-state index in [9.17, 15) is 4.79 Å². The molecular formula is C31H54O2S. The topological polar surface area (TPSA) is 26.3 Å². The molecule has 3 saturated carbocycles. The molecule has 3 heteroatoms. The molecule has 3 fully saturated rings. The highest BCUT2D eigenvalue weighted by molar-refractivity contribution is 8.43. The van der Waals surface area contributed by atoms with Crippen molar-refractivity contribution in [3.63, 3.8) is 0 Å². The predicted molar refractivity (Wildman–Crippen MR) is 149 cm³/mol. The Morgan fingerprint density at radius 2 is 1.76 bits per heavy atom. The van der Waals surface area contributed by atoms with Gasteiger partial charge in [-0.15, -0.1) is 0 Å². The molecule has 0 bridgehead atoms. The Labute approximate surface area is 212 Å². The Bertz CT molecular complexity index is 779. The monoisotopic (exact) mass is 490 g/mol. The van der Waals surface area contributed by atoms with E-state index in [0.717, 1.165) is 48.3 Å². The zero-order chi connectivity index (χ0) is 24.9. The third kappa shape index (κ3) is 4.90. The molecule has 0 aromatic rings. The maximum atomic E-state index is 12.5. The fraction of sp³-hybridized carbons (Fsp3) is 0.903. The summed E-state index contributed by atoms with van der Waals surface area (Å²) in [6, 6.07) is 0. The van der Waals surface area contributed by atoms with Crippen LogP contribution in [0.15, 0.2) is 11.6 Å². The molecule has 0 saturated heterocycles. The molecule has 0 aliphatic heterocycles. The van der Waals surface area contributed by atoms with Gasteiger partial charge in [-0.2, -0.15) is 10.0 Å². The molecule has 0 heterocycles. The summed E-state index contributed by atoms with van der Waals surface area (Å²) in [6.45, 7) is 12.6. The van der Waals surface area contributed by atoms with E-state index in [0.29, 0.717) is 10.8 Å². The Morgan fingerprint density at radius 1 is 1.03 bits per heavy atom. The van der Waals surface area contributed by atoms with E-state index in [4.69, 9.17) is 4.74 Å².